The molecule has 0 spiro atoms. The Morgan fingerprint density at radius 2 is 2.10 bits per heavy atom. The van der Waals surface area contributed by atoms with Crippen LogP contribution in [0.15, 0.2) is 18.2 Å². The number of likely N-dealkylation sites (N-methyl/N-ethyl adjacent to an activating group) is 1. The van der Waals surface area contributed by atoms with Crippen LogP contribution in [0.3, 0.4) is 0 Å². The number of benzene rings is 1. The zero-order chi connectivity index (χ0) is 15.8. The molecule has 110 valence electrons. The summed E-state index contributed by atoms with van der Waals surface area (Å²) in [6, 6.07) is 6.85. The Balaban J connectivity index is 2.49. The summed E-state index contributed by atoms with van der Waals surface area (Å²) in [6.45, 7) is 3.23. The summed E-state index contributed by atoms with van der Waals surface area (Å²) in [5.74, 6) is -0.0141. The van der Waals surface area contributed by atoms with E-state index in [1.807, 2.05) is 6.07 Å². The van der Waals surface area contributed by atoms with Gasteiger partial charge in [0.2, 0.25) is 5.91 Å². The second kappa shape index (κ2) is 5.09. The zero-order valence-electron chi connectivity index (χ0n) is 12.5. The predicted octanol–water partition coefficient (Wildman–Crippen LogP) is 1.15. The van der Waals surface area contributed by atoms with Gasteiger partial charge in [0.25, 0.3) is 5.91 Å². The van der Waals surface area contributed by atoms with Gasteiger partial charge in [0.1, 0.15) is 12.3 Å². The fourth-order valence-electron chi connectivity index (χ4n) is 2.07. The van der Waals surface area contributed by atoms with Crippen molar-refractivity contribution in [3.05, 3.63) is 23.8 Å². The Kier molecular flexibility index (Phi) is 3.60. The van der Waals surface area contributed by atoms with E-state index < -0.39 is 5.60 Å². The van der Waals surface area contributed by atoms with E-state index in [1.54, 1.807) is 46.1 Å². The van der Waals surface area contributed by atoms with Crippen LogP contribution < -0.4 is 9.64 Å². The summed E-state index contributed by atoms with van der Waals surface area (Å²) in [4.78, 5) is 27.3. The van der Waals surface area contributed by atoms with Gasteiger partial charge >= 0.3 is 0 Å². The number of amides is 2. The van der Waals surface area contributed by atoms with E-state index in [0.717, 1.165) is 0 Å². The Morgan fingerprint density at radius 1 is 1.43 bits per heavy atom. The first-order valence-corrected chi connectivity index (χ1v) is 6.51. The van der Waals surface area contributed by atoms with Crippen molar-refractivity contribution < 1.29 is 14.3 Å². The van der Waals surface area contributed by atoms with Crippen molar-refractivity contribution in [2.45, 2.75) is 19.4 Å². The van der Waals surface area contributed by atoms with Gasteiger partial charge in [-0.1, -0.05) is 0 Å². The van der Waals surface area contributed by atoms with Crippen LogP contribution in [0.5, 0.6) is 5.75 Å². The summed E-state index contributed by atoms with van der Waals surface area (Å²) in [5.41, 5.74) is -0.186. The van der Waals surface area contributed by atoms with Gasteiger partial charge in [0, 0.05) is 14.1 Å². The third-order valence-electron chi connectivity index (χ3n) is 3.30. The standard InChI is InChI=1S/C15H17N3O3/c1-15(2)14(20)18(9-13(19)17(3)4)11-7-10(8-16)5-6-12(11)21-15/h5-7H,9H2,1-4H3. The van der Waals surface area contributed by atoms with E-state index in [0.29, 0.717) is 17.0 Å². The summed E-state index contributed by atoms with van der Waals surface area (Å²) in [5, 5.41) is 8.99. The molecule has 1 heterocycles. The molecular weight excluding hydrogens is 270 g/mol. The maximum atomic E-state index is 12.5. The minimum absolute atomic E-state index is 0.0828. The van der Waals surface area contributed by atoms with Crippen LogP contribution in [0.1, 0.15) is 19.4 Å². The van der Waals surface area contributed by atoms with Gasteiger partial charge in [-0.05, 0) is 32.0 Å². The van der Waals surface area contributed by atoms with Crippen molar-refractivity contribution in [3.8, 4) is 11.8 Å². The number of nitriles is 1. The molecule has 0 fully saturated rings. The number of carbonyl (C=O) groups is 2. The van der Waals surface area contributed by atoms with E-state index in [1.165, 1.54) is 9.80 Å². The lowest BCUT2D eigenvalue weighted by molar-refractivity contribution is -0.135. The lowest BCUT2D eigenvalue weighted by atomic mass is 10.0. The highest BCUT2D eigenvalue weighted by Crippen LogP contribution is 2.38. The molecule has 6 heteroatoms. The minimum Gasteiger partial charge on any atom is -0.476 e. The van der Waals surface area contributed by atoms with E-state index in [4.69, 9.17) is 10.00 Å². The largest absolute Gasteiger partial charge is 0.476 e. The van der Waals surface area contributed by atoms with E-state index in [-0.39, 0.29) is 18.4 Å². The van der Waals surface area contributed by atoms with Crippen LogP contribution >= 0.6 is 0 Å². The predicted molar refractivity (Wildman–Crippen MR) is 76.9 cm³/mol. The van der Waals surface area contributed by atoms with Crippen molar-refractivity contribution in [1.82, 2.24) is 4.90 Å². The van der Waals surface area contributed by atoms with Gasteiger partial charge in [-0.2, -0.15) is 5.26 Å². The highest BCUT2D eigenvalue weighted by molar-refractivity contribution is 6.05. The van der Waals surface area contributed by atoms with Gasteiger partial charge in [0.15, 0.2) is 5.60 Å². The Hall–Kier alpha value is -2.55. The molecule has 0 aromatic heterocycles. The summed E-state index contributed by atoms with van der Waals surface area (Å²) < 4.78 is 5.68. The Morgan fingerprint density at radius 3 is 2.67 bits per heavy atom. The number of fused-ring (bicyclic) bond motifs is 1. The molecule has 2 amide bonds. The highest BCUT2D eigenvalue weighted by Gasteiger charge is 2.41. The highest BCUT2D eigenvalue weighted by atomic mass is 16.5. The third kappa shape index (κ3) is 2.68. The lowest BCUT2D eigenvalue weighted by Gasteiger charge is -2.38. The third-order valence-corrected chi connectivity index (χ3v) is 3.30. The molecule has 0 bridgehead atoms. The van der Waals surface area contributed by atoms with Gasteiger partial charge in [-0.25, -0.2) is 0 Å². The molecule has 0 saturated carbocycles. The van der Waals surface area contributed by atoms with Crippen molar-refractivity contribution in [2.75, 3.05) is 25.5 Å². The molecule has 6 nitrogen and oxygen atoms in total. The average Bonchev–Trinajstić information content (AvgIpc) is 2.42. The molecule has 1 aliphatic rings. The van der Waals surface area contributed by atoms with Crippen molar-refractivity contribution >= 4 is 17.5 Å². The Bertz CT molecular complexity index is 644. The molecule has 0 atom stereocenters. The second-order valence-electron chi connectivity index (χ2n) is 5.59. The van der Waals surface area contributed by atoms with Gasteiger partial charge in [-0.15, -0.1) is 0 Å². The first-order chi connectivity index (χ1) is 9.76. The summed E-state index contributed by atoms with van der Waals surface area (Å²) in [7, 11) is 3.26. The fourth-order valence-corrected chi connectivity index (χ4v) is 2.07. The average molecular weight is 287 g/mol. The van der Waals surface area contributed by atoms with Crippen molar-refractivity contribution in [3.63, 3.8) is 0 Å². The second-order valence-corrected chi connectivity index (χ2v) is 5.59. The minimum atomic E-state index is -1.05. The summed E-state index contributed by atoms with van der Waals surface area (Å²) >= 11 is 0. The molecule has 2 rings (SSSR count). The maximum Gasteiger partial charge on any atom is 0.271 e. The number of ether oxygens (including phenoxy) is 1. The van der Waals surface area contributed by atoms with Crippen LogP contribution in [-0.2, 0) is 9.59 Å². The molecule has 0 saturated heterocycles. The molecule has 1 aromatic rings. The van der Waals surface area contributed by atoms with Gasteiger partial charge < -0.3 is 9.64 Å². The van der Waals surface area contributed by atoms with Crippen LogP contribution in [0.4, 0.5) is 5.69 Å². The van der Waals surface area contributed by atoms with E-state index >= 15 is 0 Å². The SMILES string of the molecule is CN(C)C(=O)CN1C(=O)C(C)(C)Oc2ccc(C#N)cc21. The number of carbonyl (C=O) groups excluding carboxylic acids is 2. The molecular formula is C15H17N3O3. The van der Waals surface area contributed by atoms with Crippen molar-refractivity contribution in [2.24, 2.45) is 0 Å². The lowest BCUT2D eigenvalue weighted by Crippen LogP contribution is -2.54. The molecule has 0 unspecified atom stereocenters. The number of rotatable bonds is 2. The molecule has 0 aliphatic carbocycles. The molecule has 0 N–H and O–H groups in total. The van der Waals surface area contributed by atoms with Gasteiger partial charge in [0.05, 0.1) is 17.3 Å². The number of anilines is 1. The van der Waals surface area contributed by atoms with Crippen molar-refractivity contribution in [1.29, 1.82) is 5.26 Å². The molecule has 0 radical (unpaired) electrons. The molecule has 1 aromatic carbocycles. The number of nitrogens with zero attached hydrogens (tertiary/aromatic N) is 3. The number of hydrogen-bond donors (Lipinski definition) is 0. The normalized spacial score (nSPS) is 15.8. The molecule has 21 heavy (non-hydrogen) atoms. The zero-order valence-corrected chi connectivity index (χ0v) is 12.5. The fraction of sp³-hybridized carbons (Fsp3) is 0.400. The first kappa shape index (κ1) is 14.9. The first-order valence-electron chi connectivity index (χ1n) is 6.51. The van der Waals surface area contributed by atoms with Gasteiger partial charge in [-0.3, -0.25) is 14.5 Å². The maximum absolute atomic E-state index is 12.5. The van der Waals surface area contributed by atoms with E-state index in [2.05, 4.69) is 0 Å². The smallest absolute Gasteiger partial charge is 0.271 e. The summed E-state index contributed by atoms with van der Waals surface area (Å²) in [6.07, 6.45) is 0. The topological polar surface area (TPSA) is 73.6 Å². The molecule has 1 aliphatic heterocycles. The van der Waals surface area contributed by atoms with Crippen LogP contribution in [-0.4, -0.2) is 43.0 Å². The van der Waals surface area contributed by atoms with Crippen LogP contribution in [0, 0.1) is 11.3 Å². The quantitative estimate of drug-likeness (QED) is 0.818. The number of hydrogen-bond acceptors (Lipinski definition) is 4. The van der Waals surface area contributed by atoms with E-state index in [9.17, 15) is 9.59 Å². The monoisotopic (exact) mass is 287 g/mol. The Labute approximate surface area is 123 Å². The van der Waals surface area contributed by atoms with Crippen LogP contribution in [0.2, 0.25) is 0 Å². The van der Waals surface area contributed by atoms with Crippen LogP contribution in [0.25, 0.3) is 0 Å².